The van der Waals surface area contributed by atoms with Crippen LogP contribution in [0, 0.1) is 0 Å². The lowest BCUT2D eigenvalue weighted by molar-refractivity contribution is -0.119. The molecular weight excluding hydrogens is 286 g/mol. The van der Waals surface area contributed by atoms with Crippen molar-refractivity contribution in [2.24, 2.45) is 5.73 Å². The molecule has 4 nitrogen and oxygen atoms in total. The summed E-state index contributed by atoms with van der Waals surface area (Å²) in [6.45, 7) is 5.00. The first kappa shape index (κ1) is 17.2. The van der Waals surface area contributed by atoms with E-state index in [1.54, 1.807) is 0 Å². The first-order valence-corrected chi connectivity index (χ1v) is 8.06. The zero-order valence-corrected chi connectivity index (χ0v) is 13.7. The van der Waals surface area contributed by atoms with Gasteiger partial charge in [0.2, 0.25) is 5.91 Å². The monoisotopic (exact) mass is 311 g/mol. The van der Waals surface area contributed by atoms with E-state index in [1.807, 2.05) is 60.4 Å². The lowest BCUT2D eigenvalue weighted by Gasteiger charge is -2.26. The van der Waals surface area contributed by atoms with Crippen LogP contribution in [-0.2, 0) is 11.3 Å². The molecule has 0 fully saturated rings. The molecule has 4 heteroatoms. The molecule has 0 aliphatic heterocycles. The van der Waals surface area contributed by atoms with Crippen LogP contribution in [0.1, 0.15) is 12.5 Å². The van der Waals surface area contributed by atoms with Gasteiger partial charge in [-0.25, -0.2) is 0 Å². The molecule has 0 spiro atoms. The maximum Gasteiger partial charge on any atom is 0.241 e. The van der Waals surface area contributed by atoms with E-state index in [0.29, 0.717) is 26.2 Å². The summed E-state index contributed by atoms with van der Waals surface area (Å²) in [5.74, 6) is 0.100. The Bertz CT molecular complexity index is 586. The second-order valence-corrected chi connectivity index (χ2v) is 5.46. The number of nitrogens with zero attached hydrogens (tertiary/aromatic N) is 2. The molecule has 0 atom stereocenters. The average Bonchev–Trinajstić information content (AvgIpc) is 2.57. The van der Waals surface area contributed by atoms with Crippen LogP contribution in [0.2, 0.25) is 0 Å². The minimum atomic E-state index is 0.100. The van der Waals surface area contributed by atoms with Gasteiger partial charge in [0.1, 0.15) is 0 Å². The van der Waals surface area contributed by atoms with E-state index < -0.39 is 0 Å². The topological polar surface area (TPSA) is 49.6 Å². The number of benzene rings is 2. The van der Waals surface area contributed by atoms with Crippen molar-refractivity contribution in [3.05, 3.63) is 66.2 Å². The van der Waals surface area contributed by atoms with E-state index in [9.17, 15) is 4.79 Å². The van der Waals surface area contributed by atoms with Gasteiger partial charge in [-0.1, -0.05) is 48.5 Å². The van der Waals surface area contributed by atoms with Crippen molar-refractivity contribution in [3.63, 3.8) is 0 Å². The number of hydrogen-bond donors (Lipinski definition) is 1. The van der Waals surface area contributed by atoms with Gasteiger partial charge < -0.3 is 10.6 Å². The van der Waals surface area contributed by atoms with Crippen LogP contribution in [0.5, 0.6) is 0 Å². The number of nitrogens with two attached hydrogens (primary N) is 1. The van der Waals surface area contributed by atoms with Crippen molar-refractivity contribution < 1.29 is 4.79 Å². The second kappa shape index (κ2) is 9.08. The van der Waals surface area contributed by atoms with Crippen LogP contribution in [0.4, 0.5) is 5.69 Å². The van der Waals surface area contributed by atoms with E-state index in [0.717, 1.165) is 12.2 Å². The minimum Gasteiger partial charge on any atom is -0.329 e. The third-order valence-corrected chi connectivity index (χ3v) is 3.74. The molecule has 23 heavy (non-hydrogen) atoms. The third-order valence-electron chi connectivity index (χ3n) is 3.74. The molecule has 0 aromatic heterocycles. The summed E-state index contributed by atoms with van der Waals surface area (Å²) in [4.78, 5) is 16.6. The molecule has 1 amide bonds. The van der Waals surface area contributed by atoms with Gasteiger partial charge in [0.15, 0.2) is 0 Å². The van der Waals surface area contributed by atoms with Crippen LogP contribution in [0.3, 0.4) is 0 Å². The normalized spacial score (nSPS) is 10.7. The van der Waals surface area contributed by atoms with E-state index in [-0.39, 0.29) is 5.91 Å². The van der Waals surface area contributed by atoms with Crippen LogP contribution >= 0.6 is 0 Å². The summed E-state index contributed by atoms with van der Waals surface area (Å²) < 4.78 is 0. The lowest BCUT2D eigenvalue weighted by atomic mass is 10.2. The number of rotatable bonds is 8. The van der Waals surface area contributed by atoms with Crippen molar-refractivity contribution in [1.29, 1.82) is 0 Å². The van der Waals surface area contributed by atoms with Gasteiger partial charge in [0.25, 0.3) is 0 Å². The molecule has 122 valence electrons. The highest BCUT2D eigenvalue weighted by Gasteiger charge is 2.17. The van der Waals surface area contributed by atoms with Gasteiger partial charge in [0.05, 0.1) is 6.54 Å². The fourth-order valence-corrected chi connectivity index (χ4v) is 2.63. The van der Waals surface area contributed by atoms with E-state index in [1.165, 1.54) is 5.56 Å². The summed E-state index contributed by atoms with van der Waals surface area (Å²) in [6, 6.07) is 20.0. The molecule has 0 saturated carbocycles. The molecule has 0 aliphatic carbocycles. The Balaban J connectivity index is 2.04. The molecular formula is C19H25N3O. The SMILES string of the molecule is CCN(C(=O)CN(CCN)Cc1ccccc1)c1ccccc1. The number of carbonyl (C=O) groups excluding carboxylic acids is 1. The van der Waals surface area contributed by atoms with Crippen molar-refractivity contribution in [3.8, 4) is 0 Å². The third kappa shape index (κ3) is 5.20. The van der Waals surface area contributed by atoms with Gasteiger partial charge in [-0.3, -0.25) is 9.69 Å². The zero-order chi connectivity index (χ0) is 16.5. The highest BCUT2D eigenvalue weighted by atomic mass is 16.2. The Morgan fingerprint density at radius 1 is 1.00 bits per heavy atom. The molecule has 2 N–H and O–H groups in total. The quantitative estimate of drug-likeness (QED) is 0.815. The number of anilines is 1. The van der Waals surface area contributed by atoms with Gasteiger partial charge in [0, 0.05) is 31.9 Å². The molecule has 2 aromatic carbocycles. The second-order valence-electron chi connectivity index (χ2n) is 5.46. The maximum atomic E-state index is 12.7. The zero-order valence-electron chi connectivity index (χ0n) is 13.7. The minimum absolute atomic E-state index is 0.100. The van der Waals surface area contributed by atoms with Crippen LogP contribution in [-0.4, -0.2) is 37.0 Å². The number of para-hydroxylation sites is 1. The van der Waals surface area contributed by atoms with Crippen LogP contribution in [0.15, 0.2) is 60.7 Å². The van der Waals surface area contributed by atoms with Crippen molar-refractivity contribution in [1.82, 2.24) is 4.90 Å². The van der Waals surface area contributed by atoms with Gasteiger partial charge in [-0.15, -0.1) is 0 Å². The fraction of sp³-hybridized carbons (Fsp3) is 0.316. The molecule has 0 aliphatic rings. The van der Waals surface area contributed by atoms with Gasteiger partial charge in [-0.2, -0.15) is 0 Å². The molecule has 0 saturated heterocycles. The smallest absolute Gasteiger partial charge is 0.241 e. The number of hydrogen-bond acceptors (Lipinski definition) is 3. The van der Waals surface area contributed by atoms with Crippen molar-refractivity contribution >= 4 is 11.6 Å². The molecule has 0 heterocycles. The predicted octanol–water partition coefficient (Wildman–Crippen LogP) is 2.50. The Labute approximate surface area is 138 Å². The number of amides is 1. The van der Waals surface area contributed by atoms with Gasteiger partial charge >= 0.3 is 0 Å². The Morgan fingerprint density at radius 3 is 2.17 bits per heavy atom. The Hall–Kier alpha value is -2.17. The first-order valence-electron chi connectivity index (χ1n) is 8.06. The number of carbonyl (C=O) groups is 1. The van der Waals surface area contributed by atoms with Crippen LogP contribution in [0.25, 0.3) is 0 Å². The standard InChI is InChI=1S/C19H25N3O/c1-2-22(18-11-7-4-8-12-18)19(23)16-21(14-13-20)15-17-9-5-3-6-10-17/h3-12H,2,13-16,20H2,1H3. The van der Waals surface area contributed by atoms with E-state index in [2.05, 4.69) is 17.0 Å². The molecule has 2 rings (SSSR count). The molecule has 0 unspecified atom stereocenters. The summed E-state index contributed by atoms with van der Waals surface area (Å²) >= 11 is 0. The van der Waals surface area contributed by atoms with E-state index >= 15 is 0 Å². The van der Waals surface area contributed by atoms with E-state index in [4.69, 9.17) is 5.73 Å². The van der Waals surface area contributed by atoms with Crippen molar-refractivity contribution in [2.75, 3.05) is 31.1 Å². The highest BCUT2D eigenvalue weighted by molar-refractivity contribution is 5.94. The maximum absolute atomic E-state index is 12.7. The average molecular weight is 311 g/mol. The van der Waals surface area contributed by atoms with Crippen LogP contribution < -0.4 is 10.6 Å². The summed E-state index contributed by atoms with van der Waals surface area (Å²) in [5.41, 5.74) is 7.84. The Kier molecular flexibility index (Phi) is 6.78. The Morgan fingerprint density at radius 2 is 1.61 bits per heavy atom. The largest absolute Gasteiger partial charge is 0.329 e. The summed E-state index contributed by atoms with van der Waals surface area (Å²) in [7, 11) is 0. The highest BCUT2D eigenvalue weighted by Crippen LogP contribution is 2.14. The molecule has 0 bridgehead atoms. The lowest BCUT2D eigenvalue weighted by Crippen LogP contribution is -2.41. The van der Waals surface area contributed by atoms with Gasteiger partial charge in [-0.05, 0) is 24.6 Å². The van der Waals surface area contributed by atoms with Crippen molar-refractivity contribution in [2.45, 2.75) is 13.5 Å². The molecule has 0 radical (unpaired) electrons. The number of likely N-dealkylation sites (N-methyl/N-ethyl adjacent to an activating group) is 1. The first-order chi connectivity index (χ1) is 11.2. The molecule has 2 aromatic rings. The summed E-state index contributed by atoms with van der Waals surface area (Å²) in [6.07, 6.45) is 0. The fourth-order valence-electron chi connectivity index (χ4n) is 2.63. The summed E-state index contributed by atoms with van der Waals surface area (Å²) in [5, 5.41) is 0. The predicted molar refractivity (Wildman–Crippen MR) is 95.2 cm³/mol.